The van der Waals surface area contributed by atoms with Gasteiger partial charge in [0.05, 0.1) is 12.1 Å². The van der Waals surface area contributed by atoms with E-state index in [9.17, 15) is 4.79 Å². The van der Waals surface area contributed by atoms with Crippen molar-refractivity contribution in [3.05, 3.63) is 12.3 Å². The summed E-state index contributed by atoms with van der Waals surface area (Å²) < 4.78 is 7.24. The Bertz CT molecular complexity index is 441. The molecular weight excluding hydrogens is 232 g/mol. The SMILES string of the molecule is Nc1ccn(CC(=O)NC2CCOC2C2CC2)n1. The maximum Gasteiger partial charge on any atom is 0.242 e. The number of rotatable bonds is 4. The number of amides is 1. The molecule has 0 radical (unpaired) electrons. The van der Waals surface area contributed by atoms with Crippen LogP contribution in [-0.4, -0.2) is 34.4 Å². The fraction of sp³-hybridized carbons (Fsp3) is 0.667. The van der Waals surface area contributed by atoms with Crippen LogP contribution in [0.2, 0.25) is 0 Å². The van der Waals surface area contributed by atoms with Crippen LogP contribution in [0.15, 0.2) is 12.3 Å². The van der Waals surface area contributed by atoms with Crippen LogP contribution in [-0.2, 0) is 16.1 Å². The van der Waals surface area contributed by atoms with Crippen LogP contribution >= 0.6 is 0 Å². The number of nitrogen functional groups attached to an aromatic ring is 1. The van der Waals surface area contributed by atoms with E-state index in [1.165, 1.54) is 12.8 Å². The number of anilines is 1. The molecule has 2 heterocycles. The minimum Gasteiger partial charge on any atom is -0.382 e. The minimum atomic E-state index is -0.0285. The van der Waals surface area contributed by atoms with Crippen LogP contribution in [0, 0.1) is 5.92 Å². The lowest BCUT2D eigenvalue weighted by molar-refractivity contribution is -0.123. The predicted octanol–water partition coefficient (Wildman–Crippen LogP) is 0.149. The first-order valence-corrected chi connectivity index (χ1v) is 6.42. The molecular formula is C12H18N4O2. The molecule has 2 atom stereocenters. The van der Waals surface area contributed by atoms with Gasteiger partial charge in [0.2, 0.25) is 5.91 Å². The molecule has 98 valence electrons. The van der Waals surface area contributed by atoms with Crippen molar-refractivity contribution < 1.29 is 9.53 Å². The normalized spacial score (nSPS) is 27.3. The number of carbonyl (C=O) groups excluding carboxylic acids is 1. The summed E-state index contributed by atoms with van der Waals surface area (Å²) in [5.41, 5.74) is 5.50. The molecule has 6 heteroatoms. The van der Waals surface area contributed by atoms with E-state index in [4.69, 9.17) is 10.5 Å². The molecule has 1 aromatic rings. The van der Waals surface area contributed by atoms with Gasteiger partial charge in [0, 0.05) is 12.8 Å². The zero-order chi connectivity index (χ0) is 12.5. The molecule has 18 heavy (non-hydrogen) atoms. The van der Waals surface area contributed by atoms with E-state index in [2.05, 4.69) is 10.4 Å². The summed E-state index contributed by atoms with van der Waals surface area (Å²) >= 11 is 0. The molecule has 1 amide bonds. The molecule has 1 aliphatic heterocycles. The monoisotopic (exact) mass is 250 g/mol. The van der Waals surface area contributed by atoms with Gasteiger partial charge < -0.3 is 15.8 Å². The van der Waals surface area contributed by atoms with E-state index in [0.717, 1.165) is 13.0 Å². The van der Waals surface area contributed by atoms with Crippen LogP contribution in [0.5, 0.6) is 0 Å². The number of carbonyl (C=O) groups is 1. The summed E-state index contributed by atoms with van der Waals surface area (Å²) in [6.07, 6.45) is 5.29. The van der Waals surface area contributed by atoms with E-state index >= 15 is 0 Å². The Hall–Kier alpha value is -1.56. The zero-order valence-electron chi connectivity index (χ0n) is 10.2. The summed E-state index contributed by atoms with van der Waals surface area (Å²) in [4.78, 5) is 11.9. The predicted molar refractivity (Wildman–Crippen MR) is 65.7 cm³/mol. The van der Waals surface area contributed by atoms with Crippen molar-refractivity contribution in [3.8, 4) is 0 Å². The van der Waals surface area contributed by atoms with Crippen molar-refractivity contribution in [1.29, 1.82) is 0 Å². The highest BCUT2D eigenvalue weighted by Gasteiger charge is 2.41. The molecule has 0 aromatic carbocycles. The number of nitrogens with one attached hydrogen (secondary N) is 1. The van der Waals surface area contributed by atoms with E-state index in [0.29, 0.717) is 11.7 Å². The first-order valence-electron chi connectivity index (χ1n) is 6.42. The van der Waals surface area contributed by atoms with Gasteiger partial charge in [-0.05, 0) is 31.2 Å². The van der Waals surface area contributed by atoms with Crippen LogP contribution in [0.1, 0.15) is 19.3 Å². The van der Waals surface area contributed by atoms with Crippen LogP contribution in [0.4, 0.5) is 5.82 Å². The molecule has 2 unspecified atom stereocenters. The molecule has 6 nitrogen and oxygen atoms in total. The highest BCUT2D eigenvalue weighted by molar-refractivity contribution is 5.76. The number of nitrogens with zero attached hydrogens (tertiary/aromatic N) is 2. The van der Waals surface area contributed by atoms with Crippen molar-refractivity contribution in [2.24, 2.45) is 5.92 Å². The summed E-state index contributed by atoms with van der Waals surface area (Å²) in [7, 11) is 0. The van der Waals surface area contributed by atoms with Crippen LogP contribution in [0.25, 0.3) is 0 Å². The second-order valence-electron chi connectivity index (χ2n) is 5.07. The van der Waals surface area contributed by atoms with Gasteiger partial charge in [-0.1, -0.05) is 0 Å². The van der Waals surface area contributed by atoms with Crippen LogP contribution < -0.4 is 11.1 Å². The smallest absolute Gasteiger partial charge is 0.242 e. The zero-order valence-corrected chi connectivity index (χ0v) is 10.2. The first-order chi connectivity index (χ1) is 8.72. The van der Waals surface area contributed by atoms with Crippen molar-refractivity contribution in [2.75, 3.05) is 12.3 Å². The number of nitrogens with two attached hydrogens (primary N) is 1. The lowest BCUT2D eigenvalue weighted by Crippen LogP contribution is -2.42. The Kier molecular flexibility index (Phi) is 2.95. The Morgan fingerprint density at radius 3 is 3.06 bits per heavy atom. The molecule has 0 spiro atoms. The van der Waals surface area contributed by atoms with Gasteiger partial charge in [-0.25, -0.2) is 0 Å². The molecule has 1 saturated carbocycles. The maximum atomic E-state index is 11.9. The lowest BCUT2D eigenvalue weighted by Gasteiger charge is -2.19. The van der Waals surface area contributed by atoms with E-state index < -0.39 is 0 Å². The quantitative estimate of drug-likeness (QED) is 0.797. The summed E-state index contributed by atoms with van der Waals surface area (Å²) in [6, 6.07) is 1.84. The first kappa shape index (κ1) is 11.5. The Balaban J connectivity index is 1.54. The largest absolute Gasteiger partial charge is 0.382 e. The van der Waals surface area contributed by atoms with E-state index in [1.54, 1.807) is 16.9 Å². The molecule has 1 aliphatic carbocycles. The molecule has 1 aromatic heterocycles. The van der Waals surface area contributed by atoms with Gasteiger partial charge in [0.25, 0.3) is 0 Å². The highest BCUT2D eigenvalue weighted by Crippen LogP contribution is 2.38. The second kappa shape index (κ2) is 4.61. The van der Waals surface area contributed by atoms with Gasteiger partial charge in [-0.2, -0.15) is 5.10 Å². The third-order valence-electron chi connectivity index (χ3n) is 3.54. The molecule has 2 fully saturated rings. The summed E-state index contributed by atoms with van der Waals surface area (Å²) in [6.45, 7) is 0.964. The molecule has 2 aliphatic rings. The third-order valence-corrected chi connectivity index (χ3v) is 3.54. The van der Waals surface area contributed by atoms with E-state index in [-0.39, 0.29) is 24.6 Å². The average Bonchev–Trinajstić information content (AvgIpc) is 2.94. The fourth-order valence-electron chi connectivity index (χ4n) is 2.52. The van der Waals surface area contributed by atoms with Gasteiger partial charge in [-0.15, -0.1) is 0 Å². The number of ether oxygens (including phenoxy) is 1. The number of aromatic nitrogens is 2. The standard InChI is InChI=1S/C12H18N4O2/c13-10-3-5-16(15-10)7-11(17)14-9-4-6-18-12(9)8-1-2-8/h3,5,8-9,12H,1-2,4,6-7H2,(H2,13,15)(H,14,17). The van der Waals surface area contributed by atoms with Crippen molar-refractivity contribution in [2.45, 2.75) is 38.0 Å². The number of hydrogen-bond acceptors (Lipinski definition) is 4. The Morgan fingerprint density at radius 1 is 1.56 bits per heavy atom. The molecule has 3 N–H and O–H groups in total. The third kappa shape index (κ3) is 2.48. The van der Waals surface area contributed by atoms with Crippen molar-refractivity contribution in [1.82, 2.24) is 15.1 Å². The van der Waals surface area contributed by atoms with Gasteiger partial charge in [-0.3, -0.25) is 9.48 Å². The van der Waals surface area contributed by atoms with Crippen molar-refractivity contribution in [3.63, 3.8) is 0 Å². The Labute approximate surface area is 105 Å². The van der Waals surface area contributed by atoms with Crippen molar-refractivity contribution >= 4 is 11.7 Å². The lowest BCUT2D eigenvalue weighted by atomic mass is 10.1. The molecule has 1 saturated heterocycles. The van der Waals surface area contributed by atoms with Gasteiger partial charge >= 0.3 is 0 Å². The highest BCUT2D eigenvalue weighted by atomic mass is 16.5. The Morgan fingerprint density at radius 2 is 2.39 bits per heavy atom. The molecule has 0 bridgehead atoms. The molecule has 3 rings (SSSR count). The minimum absolute atomic E-state index is 0.0285. The summed E-state index contributed by atoms with van der Waals surface area (Å²) in [5.74, 6) is 1.06. The van der Waals surface area contributed by atoms with Gasteiger partial charge in [0.1, 0.15) is 12.4 Å². The topological polar surface area (TPSA) is 82.2 Å². The van der Waals surface area contributed by atoms with Crippen LogP contribution in [0.3, 0.4) is 0 Å². The average molecular weight is 250 g/mol. The number of hydrogen-bond donors (Lipinski definition) is 2. The fourth-order valence-corrected chi connectivity index (χ4v) is 2.52. The summed E-state index contributed by atoms with van der Waals surface area (Å²) in [5, 5.41) is 7.04. The maximum absolute atomic E-state index is 11.9. The van der Waals surface area contributed by atoms with Gasteiger partial charge in [0.15, 0.2) is 0 Å². The second-order valence-corrected chi connectivity index (χ2v) is 5.07. The van der Waals surface area contributed by atoms with E-state index in [1.807, 2.05) is 0 Å².